The number of hydrogen-bond donors (Lipinski definition) is 1. The molecule has 0 aliphatic carbocycles. The molecule has 7 heteroatoms. The molecule has 0 saturated carbocycles. The number of aromatic nitrogens is 1. The van der Waals surface area contributed by atoms with Crippen molar-refractivity contribution in [3.8, 4) is 0 Å². The van der Waals surface area contributed by atoms with Crippen molar-refractivity contribution in [2.24, 2.45) is 0 Å². The van der Waals surface area contributed by atoms with Gasteiger partial charge in [0.15, 0.2) is 5.13 Å². The van der Waals surface area contributed by atoms with Gasteiger partial charge in [-0.2, -0.15) is 0 Å². The fourth-order valence-corrected chi connectivity index (χ4v) is 5.00. The summed E-state index contributed by atoms with van der Waals surface area (Å²) < 4.78 is 1.10. The van der Waals surface area contributed by atoms with Crippen molar-refractivity contribution in [1.29, 1.82) is 0 Å². The Morgan fingerprint density at radius 3 is 2.79 bits per heavy atom. The summed E-state index contributed by atoms with van der Waals surface area (Å²) >= 11 is 3.43. The van der Waals surface area contributed by atoms with Crippen molar-refractivity contribution < 1.29 is 4.79 Å². The second-order valence-corrected chi connectivity index (χ2v) is 9.23. The molecule has 1 saturated heterocycles. The summed E-state index contributed by atoms with van der Waals surface area (Å²) in [5, 5.41) is 4.09. The van der Waals surface area contributed by atoms with E-state index in [1.807, 2.05) is 42.5 Å². The minimum absolute atomic E-state index is 0.0818. The van der Waals surface area contributed by atoms with Gasteiger partial charge in [-0.3, -0.25) is 4.79 Å². The Hall–Kier alpha value is -2.09. The second-order valence-electron chi connectivity index (χ2n) is 6.88. The van der Waals surface area contributed by atoms with Gasteiger partial charge in [0.2, 0.25) is 0 Å². The van der Waals surface area contributed by atoms with Crippen molar-refractivity contribution >= 4 is 50.0 Å². The molecule has 28 heavy (non-hydrogen) atoms. The Morgan fingerprint density at radius 1 is 1.18 bits per heavy atom. The summed E-state index contributed by atoms with van der Waals surface area (Å²) in [6, 6.07) is 13.7. The van der Waals surface area contributed by atoms with Crippen LogP contribution in [0.2, 0.25) is 0 Å². The first kappa shape index (κ1) is 19.2. The molecule has 2 aromatic carbocycles. The van der Waals surface area contributed by atoms with E-state index in [2.05, 4.69) is 29.1 Å². The molecule has 1 aliphatic rings. The molecular weight excluding hydrogens is 388 g/mol. The first-order valence-electron chi connectivity index (χ1n) is 9.50. The molecule has 0 unspecified atom stereocenters. The zero-order valence-electron chi connectivity index (χ0n) is 16.1. The Labute approximate surface area is 173 Å². The van der Waals surface area contributed by atoms with E-state index in [9.17, 15) is 4.79 Å². The van der Waals surface area contributed by atoms with Crippen molar-refractivity contribution in [2.75, 3.05) is 49.2 Å². The number of benzene rings is 2. The van der Waals surface area contributed by atoms with E-state index in [0.717, 1.165) is 57.9 Å². The molecule has 1 aliphatic heterocycles. The fraction of sp³-hybridized carbons (Fsp3) is 0.333. The number of thiazole rings is 1. The number of thioether (sulfide) groups is 1. The van der Waals surface area contributed by atoms with E-state index in [-0.39, 0.29) is 5.91 Å². The molecule has 5 nitrogen and oxygen atoms in total. The summed E-state index contributed by atoms with van der Waals surface area (Å²) in [4.78, 5) is 23.2. The third-order valence-corrected chi connectivity index (χ3v) is 6.77. The summed E-state index contributed by atoms with van der Waals surface area (Å²) in [5.41, 5.74) is 2.47. The smallest absolute Gasteiger partial charge is 0.255 e. The summed E-state index contributed by atoms with van der Waals surface area (Å²) in [7, 11) is 2.15. The number of fused-ring (bicyclic) bond motifs is 1. The quantitative estimate of drug-likeness (QED) is 0.629. The van der Waals surface area contributed by atoms with Crippen molar-refractivity contribution in [2.45, 2.75) is 11.8 Å². The lowest BCUT2D eigenvalue weighted by molar-refractivity contribution is 0.102. The number of carbonyl (C=O) groups is 1. The van der Waals surface area contributed by atoms with E-state index in [4.69, 9.17) is 4.98 Å². The van der Waals surface area contributed by atoms with Gasteiger partial charge in [0.05, 0.1) is 10.2 Å². The van der Waals surface area contributed by atoms with Crippen molar-refractivity contribution in [3.63, 3.8) is 0 Å². The molecule has 0 atom stereocenters. The highest BCUT2D eigenvalue weighted by Gasteiger charge is 2.18. The second kappa shape index (κ2) is 8.51. The number of amides is 1. The van der Waals surface area contributed by atoms with Crippen LogP contribution in [-0.4, -0.2) is 54.8 Å². The van der Waals surface area contributed by atoms with Crippen molar-refractivity contribution in [1.82, 2.24) is 9.88 Å². The topological polar surface area (TPSA) is 48.5 Å². The van der Waals surface area contributed by atoms with Gasteiger partial charge in [-0.05, 0) is 49.2 Å². The lowest BCUT2D eigenvalue weighted by Crippen LogP contribution is -2.44. The van der Waals surface area contributed by atoms with Crippen LogP contribution in [0.3, 0.4) is 0 Å². The minimum Gasteiger partial charge on any atom is -0.345 e. The van der Waals surface area contributed by atoms with Gasteiger partial charge >= 0.3 is 0 Å². The Morgan fingerprint density at radius 2 is 2.00 bits per heavy atom. The van der Waals surface area contributed by atoms with Crippen LogP contribution < -0.4 is 10.2 Å². The number of nitrogens with one attached hydrogen (secondary N) is 1. The average Bonchev–Trinajstić information content (AvgIpc) is 3.12. The molecule has 0 bridgehead atoms. The predicted molar refractivity (Wildman–Crippen MR) is 120 cm³/mol. The normalized spacial score (nSPS) is 15.1. The number of rotatable bonds is 5. The number of nitrogens with zero attached hydrogens (tertiary/aromatic N) is 3. The highest BCUT2D eigenvalue weighted by atomic mass is 32.2. The molecule has 1 N–H and O–H groups in total. The van der Waals surface area contributed by atoms with Crippen LogP contribution in [-0.2, 0) is 0 Å². The summed E-state index contributed by atoms with van der Waals surface area (Å²) in [5.74, 6) is 0.907. The van der Waals surface area contributed by atoms with Gasteiger partial charge in [-0.1, -0.05) is 24.3 Å². The van der Waals surface area contributed by atoms with Crippen LogP contribution >= 0.6 is 23.1 Å². The SMILES string of the molecule is CCSc1cccc(C(=O)Nc2ccc3nc(N4CCN(C)CC4)sc3c2)c1. The first-order chi connectivity index (χ1) is 13.6. The number of carbonyl (C=O) groups excluding carboxylic acids is 1. The average molecular weight is 413 g/mol. The fourth-order valence-electron chi connectivity index (χ4n) is 3.22. The van der Waals surface area contributed by atoms with Crippen LogP contribution in [0.5, 0.6) is 0 Å². The summed E-state index contributed by atoms with van der Waals surface area (Å²) in [6.45, 7) is 6.25. The standard InChI is InChI=1S/C21H24N4OS2/c1-3-27-17-6-4-5-15(13-17)20(26)22-16-7-8-18-19(14-16)28-21(23-18)25-11-9-24(2)10-12-25/h4-8,13-14H,3,9-12H2,1-2H3,(H,22,26). The maximum Gasteiger partial charge on any atom is 0.255 e. The lowest BCUT2D eigenvalue weighted by atomic mass is 10.2. The number of anilines is 2. The monoisotopic (exact) mass is 412 g/mol. The molecule has 146 valence electrons. The van der Waals surface area contributed by atoms with E-state index >= 15 is 0 Å². The van der Waals surface area contributed by atoms with Crippen LogP contribution in [0, 0.1) is 0 Å². The predicted octanol–water partition coefficient (Wildman–Crippen LogP) is 4.41. The zero-order valence-corrected chi connectivity index (χ0v) is 17.8. The summed E-state index contributed by atoms with van der Waals surface area (Å²) in [6.07, 6.45) is 0. The Bertz CT molecular complexity index is 979. The van der Waals surface area contributed by atoms with Gasteiger partial charge in [-0.25, -0.2) is 4.98 Å². The van der Waals surface area contributed by atoms with Gasteiger partial charge in [-0.15, -0.1) is 11.8 Å². The molecule has 1 amide bonds. The number of hydrogen-bond acceptors (Lipinski definition) is 6. The van der Waals surface area contributed by atoms with Gasteiger partial charge in [0.25, 0.3) is 5.91 Å². The van der Waals surface area contributed by atoms with E-state index < -0.39 is 0 Å². The number of piperazine rings is 1. The number of likely N-dealkylation sites (N-methyl/N-ethyl adjacent to an activating group) is 1. The molecule has 4 rings (SSSR count). The minimum atomic E-state index is -0.0818. The molecule has 1 aromatic heterocycles. The largest absolute Gasteiger partial charge is 0.345 e. The van der Waals surface area contributed by atoms with Gasteiger partial charge < -0.3 is 15.1 Å². The van der Waals surface area contributed by atoms with Gasteiger partial charge in [0, 0.05) is 42.3 Å². The van der Waals surface area contributed by atoms with Crippen LogP contribution in [0.25, 0.3) is 10.2 Å². The van der Waals surface area contributed by atoms with E-state index in [1.165, 1.54) is 0 Å². The zero-order chi connectivity index (χ0) is 19.5. The highest BCUT2D eigenvalue weighted by Crippen LogP contribution is 2.31. The molecular formula is C21H24N4OS2. The molecule has 1 fully saturated rings. The lowest BCUT2D eigenvalue weighted by Gasteiger charge is -2.31. The third kappa shape index (κ3) is 4.32. The van der Waals surface area contributed by atoms with Gasteiger partial charge in [0.1, 0.15) is 0 Å². The van der Waals surface area contributed by atoms with Crippen LogP contribution in [0.4, 0.5) is 10.8 Å². The van der Waals surface area contributed by atoms with Crippen LogP contribution in [0.15, 0.2) is 47.4 Å². The molecule has 0 spiro atoms. The Kier molecular flexibility index (Phi) is 5.85. The van der Waals surface area contributed by atoms with Crippen LogP contribution in [0.1, 0.15) is 17.3 Å². The first-order valence-corrected chi connectivity index (χ1v) is 11.3. The molecule has 2 heterocycles. The van der Waals surface area contributed by atoms with Crippen molar-refractivity contribution in [3.05, 3.63) is 48.0 Å². The molecule has 3 aromatic rings. The highest BCUT2D eigenvalue weighted by molar-refractivity contribution is 7.99. The van der Waals surface area contributed by atoms with E-state index in [0.29, 0.717) is 5.56 Å². The maximum atomic E-state index is 12.6. The Balaban J connectivity index is 1.50. The third-order valence-electron chi connectivity index (χ3n) is 4.82. The van der Waals surface area contributed by atoms with E-state index in [1.54, 1.807) is 23.1 Å². The molecule has 0 radical (unpaired) electrons. The maximum absolute atomic E-state index is 12.6.